The Hall–Kier alpha value is -1.66. The number of aromatic nitrogens is 2. The first kappa shape index (κ1) is 14.7. The van der Waals surface area contributed by atoms with E-state index in [-0.39, 0.29) is 5.91 Å². The minimum absolute atomic E-state index is 0.0167. The molecule has 108 valence electrons. The van der Waals surface area contributed by atoms with Crippen LogP contribution < -0.4 is 10.6 Å². The number of carbonyl (C=O) groups is 1. The van der Waals surface area contributed by atoms with Gasteiger partial charge < -0.3 is 10.6 Å². The van der Waals surface area contributed by atoms with E-state index in [1.807, 2.05) is 36.9 Å². The zero-order valence-corrected chi connectivity index (χ0v) is 12.9. The minimum Gasteiger partial charge on any atom is -0.352 e. The zero-order valence-electron chi connectivity index (χ0n) is 12.1. The van der Waals surface area contributed by atoms with Gasteiger partial charge in [0.25, 0.3) is 5.91 Å². The van der Waals surface area contributed by atoms with Crippen molar-refractivity contribution >= 4 is 17.2 Å². The van der Waals surface area contributed by atoms with Crippen molar-refractivity contribution in [3.63, 3.8) is 0 Å². The van der Waals surface area contributed by atoms with Gasteiger partial charge in [-0.15, -0.1) is 11.3 Å². The Balaban J connectivity index is 2.13. The molecule has 0 aliphatic rings. The first-order chi connectivity index (χ1) is 9.65. The molecular weight excluding hydrogens is 272 g/mol. The van der Waals surface area contributed by atoms with Crippen molar-refractivity contribution in [3.8, 4) is 5.13 Å². The summed E-state index contributed by atoms with van der Waals surface area (Å²) in [6.07, 6.45) is 2.70. The highest BCUT2D eigenvalue weighted by Gasteiger charge is 2.17. The van der Waals surface area contributed by atoms with Crippen LogP contribution in [0.1, 0.15) is 28.2 Å². The quantitative estimate of drug-likeness (QED) is 0.799. The number of rotatable bonds is 6. The fourth-order valence-electron chi connectivity index (χ4n) is 2.18. The third-order valence-electron chi connectivity index (χ3n) is 3.18. The molecule has 0 aromatic carbocycles. The van der Waals surface area contributed by atoms with Crippen molar-refractivity contribution in [3.05, 3.63) is 34.6 Å². The fourth-order valence-corrected chi connectivity index (χ4v) is 2.93. The number of nitrogens with zero attached hydrogens (tertiary/aromatic N) is 2. The van der Waals surface area contributed by atoms with Gasteiger partial charge in [-0.05, 0) is 39.9 Å². The van der Waals surface area contributed by atoms with E-state index in [0.717, 1.165) is 35.0 Å². The van der Waals surface area contributed by atoms with Gasteiger partial charge in [0.2, 0.25) is 0 Å². The summed E-state index contributed by atoms with van der Waals surface area (Å²) in [5, 5.41) is 8.85. The molecule has 2 rings (SSSR count). The maximum atomic E-state index is 12.2. The second kappa shape index (κ2) is 6.67. The molecule has 0 spiro atoms. The Bertz CT molecular complexity index is 574. The Morgan fingerprint density at radius 1 is 1.40 bits per heavy atom. The third-order valence-corrected chi connectivity index (χ3v) is 3.93. The standard InChI is InChI=1S/C14H20N4OS/c1-10-9-12(13(19)16-6-4-5-15-3)11(2)18(10)14-17-7-8-20-14/h7-9,15H,4-6H2,1-3H3,(H,16,19). The second-order valence-corrected chi connectivity index (χ2v) is 5.52. The SMILES string of the molecule is CNCCCNC(=O)c1cc(C)n(-c2nccs2)c1C. The van der Waals surface area contributed by atoms with Gasteiger partial charge in [-0.25, -0.2) is 4.98 Å². The molecule has 2 aromatic rings. The Morgan fingerprint density at radius 2 is 2.20 bits per heavy atom. The second-order valence-electron chi connectivity index (χ2n) is 4.65. The van der Waals surface area contributed by atoms with E-state index in [1.54, 1.807) is 17.5 Å². The predicted molar refractivity (Wildman–Crippen MR) is 81.8 cm³/mol. The molecule has 0 aliphatic carbocycles. The largest absolute Gasteiger partial charge is 0.352 e. The van der Waals surface area contributed by atoms with Crippen LogP contribution in [0.3, 0.4) is 0 Å². The van der Waals surface area contributed by atoms with Crippen LogP contribution in [-0.4, -0.2) is 35.6 Å². The van der Waals surface area contributed by atoms with Crippen molar-refractivity contribution in [2.75, 3.05) is 20.1 Å². The number of hydrogen-bond donors (Lipinski definition) is 2. The Labute approximate surface area is 123 Å². The van der Waals surface area contributed by atoms with E-state index in [9.17, 15) is 4.79 Å². The van der Waals surface area contributed by atoms with E-state index in [1.165, 1.54) is 0 Å². The molecule has 20 heavy (non-hydrogen) atoms. The van der Waals surface area contributed by atoms with Gasteiger partial charge >= 0.3 is 0 Å². The van der Waals surface area contributed by atoms with E-state index in [0.29, 0.717) is 6.54 Å². The molecule has 0 saturated heterocycles. The first-order valence-electron chi connectivity index (χ1n) is 6.66. The van der Waals surface area contributed by atoms with Crippen molar-refractivity contribution in [2.45, 2.75) is 20.3 Å². The minimum atomic E-state index is -0.0167. The molecule has 0 atom stereocenters. The lowest BCUT2D eigenvalue weighted by Crippen LogP contribution is -2.26. The highest BCUT2D eigenvalue weighted by atomic mass is 32.1. The lowest BCUT2D eigenvalue weighted by atomic mass is 10.2. The molecule has 0 unspecified atom stereocenters. The molecule has 0 aliphatic heterocycles. The van der Waals surface area contributed by atoms with Crippen LogP contribution in [0.25, 0.3) is 5.13 Å². The van der Waals surface area contributed by atoms with Crippen LogP contribution in [0.4, 0.5) is 0 Å². The third kappa shape index (κ3) is 3.08. The van der Waals surface area contributed by atoms with Crippen molar-refractivity contribution < 1.29 is 4.79 Å². The van der Waals surface area contributed by atoms with Crippen molar-refractivity contribution in [2.24, 2.45) is 0 Å². The van der Waals surface area contributed by atoms with Crippen LogP contribution in [0.2, 0.25) is 0 Å². The van der Waals surface area contributed by atoms with Crippen LogP contribution in [0.15, 0.2) is 17.6 Å². The van der Waals surface area contributed by atoms with Crippen LogP contribution in [-0.2, 0) is 0 Å². The smallest absolute Gasteiger partial charge is 0.253 e. The number of aryl methyl sites for hydroxylation is 1. The molecule has 0 saturated carbocycles. The lowest BCUT2D eigenvalue weighted by molar-refractivity contribution is 0.0952. The first-order valence-corrected chi connectivity index (χ1v) is 7.54. The van der Waals surface area contributed by atoms with Gasteiger partial charge in [-0.2, -0.15) is 0 Å². The van der Waals surface area contributed by atoms with Gasteiger partial charge in [0.15, 0.2) is 5.13 Å². The highest BCUT2D eigenvalue weighted by Crippen LogP contribution is 2.22. The molecule has 1 amide bonds. The summed E-state index contributed by atoms with van der Waals surface area (Å²) < 4.78 is 2.02. The number of carbonyl (C=O) groups excluding carboxylic acids is 1. The zero-order chi connectivity index (χ0) is 14.5. The lowest BCUT2D eigenvalue weighted by Gasteiger charge is -2.07. The molecule has 0 bridgehead atoms. The molecular formula is C14H20N4OS. The maximum Gasteiger partial charge on any atom is 0.253 e. The van der Waals surface area contributed by atoms with E-state index in [2.05, 4.69) is 15.6 Å². The summed E-state index contributed by atoms with van der Waals surface area (Å²) in [6, 6.07) is 1.92. The number of nitrogens with one attached hydrogen (secondary N) is 2. The molecule has 2 N–H and O–H groups in total. The molecule has 5 nitrogen and oxygen atoms in total. The van der Waals surface area contributed by atoms with E-state index < -0.39 is 0 Å². The summed E-state index contributed by atoms with van der Waals surface area (Å²) in [6.45, 7) is 5.53. The molecule has 2 heterocycles. The summed E-state index contributed by atoms with van der Waals surface area (Å²) in [7, 11) is 1.91. The molecule has 0 radical (unpaired) electrons. The van der Waals surface area contributed by atoms with Gasteiger partial charge in [0.05, 0.1) is 5.56 Å². The topological polar surface area (TPSA) is 58.9 Å². The van der Waals surface area contributed by atoms with Crippen molar-refractivity contribution in [1.29, 1.82) is 0 Å². The fraction of sp³-hybridized carbons (Fsp3) is 0.429. The van der Waals surface area contributed by atoms with Crippen molar-refractivity contribution in [1.82, 2.24) is 20.2 Å². The Kier molecular flexibility index (Phi) is 4.92. The monoisotopic (exact) mass is 292 g/mol. The van der Waals surface area contributed by atoms with Gasteiger partial charge in [-0.1, -0.05) is 0 Å². The summed E-state index contributed by atoms with van der Waals surface area (Å²) in [4.78, 5) is 16.5. The highest BCUT2D eigenvalue weighted by molar-refractivity contribution is 7.12. The normalized spacial score (nSPS) is 10.8. The summed E-state index contributed by atoms with van der Waals surface area (Å²) in [5.74, 6) is -0.0167. The van der Waals surface area contributed by atoms with Gasteiger partial charge in [0.1, 0.15) is 0 Å². The average molecular weight is 292 g/mol. The van der Waals surface area contributed by atoms with E-state index >= 15 is 0 Å². The molecule has 0 fully saturated rings. The number of amides is 1. The molecule has 2 aromatic heterocycles. The van der Waals surface area contributed by atoms with E-state index in [4.69, 9.17) is 0 Å². The predicted octanol–water partition coefficient (Wildman–Crippen LogP) is 1.89. The van der Waals surface area contributed by atoms with Gasteiger partial charge in [0, 0.05) is 29.5 Å². The maximum absolute atomic E-state index is 12.2. The summed E-state index contributed by atoms with van der Waals surface area (Å²) in [5.41, 5.74) is 2.68. The number of hydrogen-bond acceptors (Lipinski definition) is 4. The molecule has 6 heteroatoms. The Morgan fingerprint density at radius 3 is 2.85 bits per heavy atom. The van der Waals surface area contributed by atoms with Crippen LogP contribution in [0.5, 0.6) is 0 Å². The average Bonchev–Trinajstić information content (AvgIpc) is 3.03. The van der Waals surface area contributed by atoms with Crippen LogP contribution in [0, 0.1) is 13.8 Å². The summed E-state index contributed by atoms with van der Waals surface area (Å²) >= 11 is 1.57. The van der Waals surface area contributed by atoms with Crippen LogP contribution >= 0.6 is 11.3 Å². The van der Waals surface area contributed by atoms with Gasteiger partial charge in [-0.3, -0.25) is 9.36 Å². The number of thiazole rings is 1.